The highest BCUT2D eigenvalue weighted by molar-refractivity contribution is 5.03. The highest BCUT2D eigenvalue weighted by Crippen LogP contribution is 2.13. The van der Waals surface area contributed by atoms with E-state index >= 15 is 0 Å². The van der Waals surface area contributed by atoms with Gasteiger partial charge in [-0.2, -0.15) is 0 Å². The maximum Gasteiger partial charge on any atom is 0.110 e. The maximum absolute atomic E-state index is 5.56. The number of nitrogens with two attached hydrogens (primary N) is 1. The summed E-state index contributed by atoms with van der Waals surface area (Å²) in [6.07, 6.45) is 2.89. The zero-order valence-corrected chi connectivity index (χ0v) is 7.09. The first kappa shape index (κ1) is 8.27. The normalized spacial score (nSPS) is 13.4. The van der Waals surface area contributed by atoms with Crippen LogP contribution in [0.25, 0.3) is 0 Å². The number of aryl methyl sites for hydroxylation is 1. The average Bonchev–Trinajstić information content (AvgIpc) is 2.39. The van der Waals surface area contributed by atoms with E-state index in [1.807, 2.05) is 13.1 Å². The van der Waals surface area contributed by atoms with Crippen LogP contribution in [0.4, 0.5) is 0 Å². The molecule has 3 N–H and O–H groups in total. The van der Waals surface area contributed by atoms with Gasteiger partial charge in [-0.15, -0.1) is 0 Å². The molecule has 1 heterocycles. The summed E-state index contributed by atoms with van der Waals surface area (Å²) in [5.41, 5.74) is 6.67. The first-order valence-corrected chi connectivity index (χ1v) is 3.99. The van der Waals surface area contributed by atoms with Gasteiger partial charge in [0, 0.05) is 24.4 Å². The van der Waals surface area contributed by atoms with E-state index in [-0.39, 0.29) is 0 Å². The van der Waals surface area contributed by atoms with Crippen LogP contribution in [0.3, 0.4) is 0 Å². The van der Waals surface area contributed by atoms with Crippen LogP contribution in [-0.4, -0.2) is 16.5 Å². The molecule has 3 heteroatoms. The quantitative estimate of drug-likeness (QED) is 0.685. The van der Waals surface area contributed by atoms with E-state index < -0.39 is 0 Å². The summed E-state index contributed by atoms with van der Waals surface area (Å²) >= 11 is 0. The Morgan fingerprint density at radius 2 is 2.45 bits per heavy atom. The van der Waals surface area contributed by atoms with Gasteiger partial charge in [-0.05, 0) is 13.3 Å². The third kappa shape index (κ3) is 1.80. The van der Waals surface area contributed by atoms with Gasteiger partial charge < -0.3 is 10.7 Å². The number of imidazole rings is 1. The fraction of sp³-hybridized carbons (Fsp3) is 0.625. The van der Waals surface area contributed by atoms with Crippen LogP contribution >= 0.6 is 0 Å². The van der Waals surface area contributed by atoms with E-state index in [0.717, 1.165) is 17.9 Å². The van der Waals surface area contributed by atoms with Crippen molar-refractivity contribution in [1.82, 2.24) is 9.97 Å². The molecule has 0 aliphatic rings. The Kier molecular flexibility index (Phi) is 2.65. The number of hydrogen-bond acceptors (Lipinski definition) is 2. The highest BCUT2D eigenvalue weighted by atomic mass is 14.9. The molecule has 1 atom stereocenters. The van der Waals surface area contributed by atoms with Crippen molar-refractivity contribution in [3.8, 4) is 0 Å². The SMILES string of the molecule is CCC(CN)c1ncc(C)[nH]1. The van der Waals surface area contributed by atoms with Crippen LogP contribution in [0.5, 0.6) is 0 Å². The molecule has 0 radical (unpaired) electrons. The predicted molar refractivity (Wildman–Crippen MR) is 45.4 cm³/mol. The van der Waals surface area contributed by atoms with E-state index in [1.165, 1.54) is 0 Å². The molecule has 1 unspecified atom stereocenters. The molecule has 0 aliphatic heterocycles. The highest BCUT2D eigenvalue weighted by Gasteiger charge is 2.09. The molecule has 0 bridgehead atoms. The lowest BCUT2D eigenvalue weighted by atomic mass is 10.1. The molecule has 0 saturated carbocycles. The minimum atomic E-state index is 0.392. The van der Waals surface area contributed by atoms with Gasteiger partial charge in [0.2, 0.25) is 0 Å². The monoisotopic (exact) mass is 153 g/mol. The second-order valence-corrected chi connectivity index (χ2v) is 2.79. The zero-order chi connectivity index (χ0) is 8.27. The molecule has 1 aromatic rings. The summed E-state index contributed by atoms with van der Waals surface area (Å²) in [5.74, 6) is 1.41. The first-order valence-electron chi connectivity index (χ1n) is 3.99. The lowest BCUT2D eigenvalue weighted by Crippen LogP contribution is -2.12. The second-order valence-electron chi connectivity index (χ2n) is 2.79. The molecule has 0 amide bonds. The number of nitrogens with zero attached hydrogens (tertiary/aromatic N) is 1. The van der Waals surface area contributed by atoms with Crippen LogP contribution in [0, 0.1) is 6.92 Å². The van der Waals surface area contributed by atoms with Crippen LogP contribution in [-0.2, 0) is 0 Å². The number of hydrogen-bond donors (Lipinski definition) is 2. The van der Waals surface area contributed by atoms with Gasteiger partial charge in [-0.1, -0.05) is 6.92 Å². The molecule has 1 aromatic heterocycles. The van der Waals surface area contributed by atoms with Crippen LogP contribution in [0.15, 0.2) is 6.20 Å². The van der Waals surface area contributed by atoms with Crippen molar-refractivity contribution in [1.29, 1.82) is 0 Å². The summed E-state index contributed by atoms with van der Waals surface area (Å²) in [4.78, 5) is 7.41. The zero-order valence-electron chi connectivity index (χ0n) is 7.09. The fourth-order valence-corrected chi connectivity index (χ4v) is 1.11. The summed E-state index contributed by atoms with van der Waals surface area (Å²) in [5, 5.41) is 0. The molecule has 3 nitrogen and oxygen atoms in total. The molecule has 0 spiro atoms. The Labute approximate surface area is 67.0 Å². The average molecular weight is 153 g/mol. The number of aromatic nitrogens is 2. The Morgan fingerprint density at radius 3 is 2.82 bits per heavy atom. The van der Waals surface area contributed by atoms with Crippen molar-refractivity contribution in [3.63, 3.8) is 0 Å². The van der Waals surface area contributed by atoms with E-state index in [0.29, 0.717) is 12.5 Å². The topological polar surface area (TPSA) is 54.7 Å². The van der Waals surface area contributed by atoms with E-state index in [1.54, 1.807) is 0 Å². The van der Waals surface area contributed by atoms with Crippen molar-refractivity contribution >= 4 is 0 Å². The van der Waals surface area contributed by atoms with Crippen molar-refractivity contribution in [2.24, 2.45) is 5.73 Å². The number of rotatable bonds is 3. The summed E-state index contributed by atoms with van der Waals surface area (Å²) in [6.45, 7) is 4.79. The van der Waals surface area contributed by atoms with Gasteiger partial charge in [0.05, 0.1) is 0 Å². The molecule has 0 aliphatic carbocycles. The minimum absolute atomic E-state index is 0.392. The Morgan fingerprint density at radius 1 is 1.73 bits per heavy atom. The van der Waals surface area contributed by atoms with Gasteiger partial charge in [-0.25, -0.2) is 4.98 Å². The van der Waals surface area contributed by atoms with E-state index in [4.69, 9.17) is 5.73 Å². The van der Waals surface area contributed by atoms with Crippen LogP contribution in [0.1, 0.15) is 30.8 Å². The number of aromatic amines is 1. The van der Waals surface area contributed by atoms with Gasteiger partial charge in [0.1, 0.15) is 5.82 Å². The molecule has 0 aromatic carbocycles. The summed E-state index contributed by atoms with van der Waals surface area (Å²) in [7, 11) is 0. The van der Waals surface area contributed by atoms with Crippen molar-refractivity contribution in [2.75, 3.05) is 6.54 Å². The summed E-state index contributed by atoms with van der Waals surface area (Å²) in [6, 6.07) is 0. The molecule has 0 fully saturated rings. The first-order chi connectivity index (χ1) is 5.27. The van der Waals surface area contributed by atoms with Gasteiger partial charge in [0.25, 0.3) is 0 Å². The van der Waals surface area contributed by atoms with Crippen LogP contribution in [0.2, 0.25) is 0 Å². The van der Waals surface area contributed by atoms with Crippen LogP contribution < -0.4 is 5.73 Å². The van der Waals surface area contributed by atoms with Crippen molar-refractivity contribution in [2.45, 2.75) is 26.2 Å². The van der Waals surface area contributed by atoms with E-state index in [2.05, 4.69) is 16.9 Å². The standard InChI is InChI=1S/C8H15N3/c1-3-7(4-9)8-10-5-6(2)11-8/h5,7H,3-4,9H2,1-2H3,(H,10,11). The van der Waals surface area contributed by atoms with Crippen molar-refractivity contribution in [3.05, 3.63) is 17.7 Å². The van der Waals surface area contributed by atoms with Gasteiger partial charge in [0.15, 0.2) is 0 Å². The number of H-pyrrole nitrogens is 1. The van der Waals surface area contributed by atoms with Gasteiger partial charge in [-0.3, -0.25) is 0 Å². The summed E-state index contributed by atoms with van der Waals surface area (Å²) < 4.78 is 0. The second kappa shape index (κ2) is 3.53. The predicted octanol–water partition coefficient (Wildman–Crippen LogP) is 1.17. The molecule has 0 saturated heterocycles. The molecule has 62 valence electrons. The minimum Gasteiger partial charge on any atom is -0.346 e. The fourth-order valence-electron chi connectivity index (χ4n) is 1.11. The lowest BCUT2D eigenvalue weighted by Gasteiger charge is -2.07. The smallest absolute Gasteiger partial charge is 0.110 e. The van der Waals surface area contributed by atoms with Crippen molar-refractivity contribution < 1.29 is 0 Å². The third-order valence-electron chi connectivity index (χ3n) is 1.89. The molecule has 1 rings (SSSR count). The lowest BCUT2D eigenvalue weighted by molar-refractivity contribution is 0.638. The molecular formula is C8H15N3. The van der Waals surface area contributed by atoms with Gasteiger partial charge >= 0.3 is 0 Å². The Bertz CT molecular complexity index is 213. The maximum atomic E-state index is 5.56. The Hall–Kier alpha value is -0.830. The van der Waals surface area contributed by atoms with E-state index in [9.17, 15) is 0 Å². The largest absolute Gasteiger partial charge is 0.346 e. The Balaban J connectivity index is 2.73. The number of nitrogens with one attached hydrogen (secondary N) is 1. The molecule has 11 heavy (non-hydrogen) atoms. The molecular weight excluding hydrogens is 138 g/mol. The third-order valence-corrected chi connectivity index (χ3v) is 1.89.